The molecule has 0 unspecified atom stereocenters. The van der Waals surface area contributed by atoms with Gasteiger partial charge in [-0.3, -0.25) is 9.59 Å². The average Bonchev–Trinajstić information content (AvgIpc) is 3.00. The molecule has 0 saturated carbocycles. The number of likely N-dealkylation sites (tertiary alicyclic amines) is 1. The van der Waals surface area contributed by atoms with Crippen molar-refractivity contribution in [2.45, 2.75) is 26.8 Å². The molecule has 0 bridgehead atoms. The summed E-state index contributed by atoms with van der Waals surface area (Å²) in [4.78, 5) is 29.6. The number of rotatable bonds is 8. The first-order valence-corrected chi connectivity index (χ1v) is 11.8. The maximum Gasteiger partial charge on any atom is 0.295 e. The summed E-state index contributed by atoms with van der Waals surface area (Å²) in [6, 6.07) is 12.2. The lowest BCUT2D eigenvalue weighted by atomic mass is 9.94. The van der Waals surface area contributed by atoms with Gasteiger partial charge in [-0.25, -0.2) is 0 Å². The van der Waals surface area contributed by atoms with E-state index < -0.39 is 17.7 Å². The molecule has 3 rings (SSSR count). The molecule has 1 amide bonds. The number of carbonyl (C=O) groups excluding carboxylic acids is 2. The zero-order valence-corrected chi connectivity index (χ0v) is 21.3. The molecule has 0 radical (unpaired) electrons. The summed E-state index contributed by atoms with van der Waals surface area (Å²) in [5, 5.41) is 11.3. The minimum atomic E-state index is -0.671. The largest absolute Gasteiger partial charge is 0.507 e. The summed E-state index contributed by atoms with van der Waals surface area (Å²) in [5.41, 5.74) is 2.15. The molecule has 0 aromatic heterocycles. The van der Waals surface area contributed by atoms with E-state index in [0.717, 1.165) is 15.6 Å². The number of ketones is 1. The van der Waals surface area contributed by atoms with Gasteiger partial charge in [0.2, 0.25) is 0 Å². The van der Waals surface area contributed by atoms with Gasteiger partial charge in [0.1, 0.15) is 11.5 Å². The molecule has 2 aromatic carbocycles. The molecule has 1 aliphatic rings. The van der Waals surface area contributed by atoms with E-state index in [0.29, 0.717) is 36.9 Å². The van der Waals surface area contributed by atoms with Crippen LogP contribution in [0.15, 0.2) is 52.5 Å². The number of aliphatic hydroxyl groups is 1. The smallest absolute Gasteiger partial charge is 0.295 e. The fourth-order valence-corrected chi connectivity index (χ4v) is 4.26. The number of ether oxygens (including phenoxy) is 1. The van der Waals surface area contributed by atoms with Crippen LogP contribution < -0.4 is 4.74 Å². The summed E-state index contributed by atoms with van der Waals surface area (Å²) < 4.78 is 6.62. The van der Waals surface area contributed by atoms with E-state index in [2.05, 4.69) is 29.8 Å². The van der Waals surface area contributed by atoms with E-state index in [1.165, 1.54) is 0 Å². The van der Waals surface area contributed by atoms with Crippen LogP contribution in [0.25, 0.3) is 5.76 Å². The van der Waals surface area contributed by atoms with E-state index in [4.69, 9.17) is 4.74 Å². The lowest BCUT2D eigenvalue weighted by molar-refractivity contribution is -0.140. The van der Waals surface area contributed by atoms with Crippen LogP contribution in [0.5, 0.6) is 5.75 Å². The first kappa shape index (κ1) is 25.0. The first-order valence-electron chi connectivity index (χ1n) is 11.0. The van der Waals surface area contributed by atoms with Crippen molar-refractivity contribution in [1.29, 1.82) is 0 Å². The predicted octanol–water partition coefficient (Wildman–Crippen LogP) is 4.78. The number of hydrogen-bond donors (Lipinski definition) is 1. The topological polar surface area (TPSA) is 70.1 Å². The second kappa shape index (κ2) is 10.5. The fraction of sp³-hybridized carbons (Fsp3) is 0.385. The maximum absolute atomic E-state index is 13.1. The number of aryl methyl sites for hydroxylation is 1. The highest BCUT2D eigenvalue weighted by Crippen LogP contribution is 2.40. The number of likely N-dealkylation sites (N-methyl/N-ethyl adjacent to an activating group) is 1. The van der Waals surface area contributed by atoms with Crippen molar-refractivity contribution >= 4 is 33.4 Å². The van der Waals surface area contributed by atoms with Crippen LogP contribution in [0.3, 0.4) is 0 Å². The Morgan fingerprint density at radius 2 is 1.91 bits per heavy atom. The van der Waals surface area contributed by atoms with Crippen LogP contribution in [0.2, 0.25) is 0 Å². The second-order valence-electron chi connectivity index (χ2n) is 9.03. The molecule has 1 heterocycles. The quantitative estimate of drug-likeness (QED) is 0.312. The summed E-state index contributed by atoms with van der Waals surface area (Å²) in [5.74, 6) is -0.346. The fourth-order valence-electron chi connectivity index (χ4n) is 3.84. The Morgan fingerprint density at radius 1 is 1.18 bits per heavy atom. The molecule has 1 atom stereocenters. The van der Waals surface area contributed by atoms with Crippen molar-refractivity contribution in [3.63, 3.8) is 0 Å². The summed E-state index contributed by atoms with van der Waals surface area (Å²) in [6.45, 7) is 7.55. The Hall–Kier alpha value is -2.64. The number of halogens is 1. The monoisotopic (exact) mass is 514 g/mol. The van der Waals surface area contributed by atoms with Gasteiger partial charge in [0.25, 0.3) is 11.7 Å². The highest BCUT2D eigenvalue weighted by molar-refractivity contribution is 9.10. The lowest BCUT2D eigenvalue weighted by Crippen LogP contribution is -2.35. The molecular formula is C26H31BrN2O4. The summed E-state index contributed by atoms with van der Waals surface area (Å²) in [7, 11) is 3.83. The number of aliphatic hydroxyl groups excluding tert-OH is 1. The Balaban J connectivity index is 2.09. The van der Waals surface area contributed by atoms with Gasteiger partial charge >= 0.3 is 0 Å². The third-order valence-electron chi connectivity index (χ3n) is 5.53. The summed E-state index contributed by atoms with van der Waals surface area (Å²) in [6.07, 6.45) is 0. The van der Waals surface area contributed by atoms with Crippen LogP contribution in [0.1, 0.15) is 36.6 Å². The average molecular weight is 515 g/mol. The van der Waals surface area contributed by atoms with Crippen LogP contribution >= 0.6 is 15.9 Å². The van der Waals surface area contributed by atoms with E-state index in [1.807, 2.05) is 56.3 Å². The normalized spacial score (nSPS) is 17.9. The second-order valence-corrected chi connectivity index (χ2v) is 9.95. The number of amides is 1. The SMILES string of the molecule is Cc1cc(OCC(C)C)ccc1C(O)=C1C(=O)C(=O)N(CCN(C)C)[C@H]1c1cccc(Br)c1. The molecule has 33 heavy (non-hydrogen) atoms. The first-order chi connectivity index (χ1) is 15.6. The van der Waals surface area contributed by atoms with Crippen molar-refractivity contribution < 1.29 is 19.4 Å². The van der Waals surface area contributed by atoms with Crippen molar-refractivity contribution in [1.82, 2.24) is 9.80 Å². The third kappa shape index (κ3) is 5.65. The molecule has 1 aliphatic heterocycles. The Kier molecular flexibility index (Phi) is 7.97. The van der Waals surface area contributed by atoms with Crippen molar-refractivity contribution in [2.75, 3.05) is 33.8 Å². The predicted molar refractivity (Wildman–Crippen MR) is 133 cm³/mol. The zero-order valence-electron chi connectivity index (χ0n) is 19.8. The number of nitrogens with zero attached hydrogens (tertiary/aromatic N) is 2. The highest BCUT2D eigenvalue weighted by atomic mass is 79.9. The molecule has 0 aliphatic carbocycles. The van der Waals surface area contributed by atoms with Gasteiger partial charge in [0.15, 0.2) is 0 Å². The molecular weight excluding hydrogens is 484 g/mol. The molecule has 176 valence electrons. The van der Waals surface area contributed by atoms with Gasteiger partial charge < -0.3 is 19.6 Å². The van der Waals surface area contributed by atoms with Crippen LogP contribution in [-0.4, -0.2) is 60.4 Å². The minimum absolute atomic E-state index is 0.107. The number of carbonyl (C=O) groups is 2. The van der Waals surface area contributed by atoms with E-state index >= 15 is 0 Å². The molecule has 2 aromatic rings. The van der Waals surface area contributed by atoms with Crippen LogP contribution in [0.4, 0.5) is 0 Å². The Morgan fingerprint density at radius 3 is 2.52 bits per heavy atom. The third-order valence-corrected chi connectivity index (χ3v) is 6.02. The van der Waals surface area contributed by atoms with Gasteiger partial charge in [-0.2, -0.15) is 0 Å². The van der Waals surface area contributed by atoms with Gasteiger partial charge in [0.05, 0.1) is 18.2 Å². The van der Waals surface area contributed by atoms with Crippen LogP contribution in [-0.2, 0) is 9.59 Å². The van der Waals surface area contributed by atoms with Crippen molar-refractivity contribution in [2.24, 2.45) is 5.92 Å². The van der Waals surface area contributed by atoms with Crippen molar-refractivity contribution in [3.05, 3.63) is 69.2 Å². The Labute approximate surface area is 204 Å². The highest BCUT2D eigenvalue weighted by Gasteiger charge is 2.46. The Bertz CT molecular complexity index is 1080. The minimum Gasteiger partial charge on any atom is -0.507 e. The standard InChI is InChI=1S/C26H31BrN2O4/c1-16(2)15-33-20-9-10-21(17(3)13-20)24(30)22-23(18-7-6-8-19(27)14-18)29(12-11-28(4)5)26(32)25(22)31/h6-10,13-14,16,23,30H,11-12,15H2,1-5H3/t23-/m0/s1. The summed E-state index contributed by atoms with van der Waals surface area (Å²) >= 11 is 3.48. The van der Waals surface area contributed by atoms with Gasteiger partial charge in [0, 0.05) is 23.1 Å². The maximum atomic E-state index is 13.1. The molecule has 1 N–H and O–H groups in total. The molecule has 6 nitrogen and oxygen atoms in total. The van der Waals surface area contributed by atoms with E-state index in [-0.39, 0.29) is 11.3 Å². The molecule has 7 heteroatoms. The molecule has 0 spiro atoms. The van der Waals surface area contributed by atoms with Gasteiger partial charge in [-0.1, -0.05) is 41.9 Å². The van der Waals surface area contributed by atoms with Crippen molar-refractivity contribution in [3.8, 4) is 5.75 Å². The van der Waals surface area contributed by atoms with E-state index in [9.17, 15) is 14.7 Å². The number of hydrogen-bond acceptors (Lipinski definition) is 5. The zero-order chi connectivity index (χ0) is 24.3. The van der Waals surface area contributed by atoms with Crippen LogP contribution in [0, 0.1) is 12.8 Å². The molecule has 1 saturated heterocycles. The lowest BCUT2D eigenvalue weighted by Gasteiger charge is -2.26. The number of benzene rings is 2. The van der Waals surface area contributed by atoms with E-state index in [1.54, 1.807) is 17.0 Å². The van der Waals surface area contributed by atoms with Gasteiger partial charge in [-0.15, -0.1) is 0 Å². The molecule has 1 fully saturated rings. The number of Topliss-reactive ketones (excluding diaryl/α,β-unsaturated/α-hetero) is 1. The van der Waals surface area contributed by atoms with Gasteiger partial charge in [-0.05, 0) is 68.4 Å².